The number of pyridine rings is 1. The lowest BCUT2D eigenvalue weighted by Crippen LogP contribution is -1.95. The molecule has 6 heteroatoms. The van der Waals surface area contributed by atoms with Crippen LogP contribution in [0.3, 0.4) is 0 Å². The summed E-state index contributed by atoms with van der Waals surface area (Å²) in [6.45, 7) is 6.02. The fraction of sp³-hybridized carbons (Fsp3) is 0.400. The van der Waals surface area contributed by atoms with Gasteiger partial charge in [0, 0.05) is 23.5 Å². The number of rotatable bonds is 3. The monoisotopic (exact) mass is 226 g/mol. The highest BCUT2D eigenvalue weighted by Crippen LogP contribution is 2.19. The summed E-state index contributed by atoms with van der Waals surface area (Å²) >= 11 is 0. The third-order valence-electron chi connectivity index (χ3n) is 1.70. The van der Waals surface area contributed by atoms with Crippen LogP contribution in [0.15, 0.2) is 12.4 Å². The molecule has 1 aromatic heterocycles. The molecule has 0 aliphatic heterocycles. The van der Waals surface area contributed by atoms with Crippen LogP contribution in [0.1, 0.15) is 18.1 Å². The van der Waals surface area contributed by atoms with E-state index in [1.54, 1.807) is 20.8 Å². The van der Waals surface area contributed by atoms with Crippen molar-refractivity contribution in [1.82, 2.24) is 4.98 Å². The maximum atomic E-state index is 10.4. The number of nitrogens with zero attached hydrogens (tertiary/aromatic N) is 2. The average molecular weight is 226 g/mol. The van der Waals surface area contributed by atoms with Crippen LogP contribution in [0.2, 0.25) is 0 Å². The second-order valence-corrected chi connectivity index (χ2v) is 2.93. The van der Waals surface area contributed by atoms with Crippen molar-refractivity contribution in [2.45, 2.75) is 20.8 Å². The second-order valence-electron chi connectivity index (χ2n) is 2.93. The predicted octanol–water partition coefficient (Wildman–Crippen LogP) is 1.79. The zero-order valence-electron chi connectivity index (χ0n) is 9.47. The van der Waals surface area contributed by atoms with Crippen LogP contribution >= 0.6 is 0 Å². The van der Waals surface area contributed by atoms with Gasteiger partial charge in [-0.25, -0.2) is 0 Å². The van der Waals surface area contributed by atoms with E-state index in [0.717, 1.165) is 0 Å². The predicted molar refractivity (Wildman–Crippen MR) is 58.1 cm³/mol. The van der Waals surface area contributed by atoms with Crippen LogP contribution in [0.4, 0.5) is 5.69 Å². The Hall–Kier alpha value is -1.98. The molecule has 16 heavy (non-hydrogen) atoms. The molecule has 0 spiro atoms. The maximum Gasteiger partial charge on any atom is 0.293 e. The number of aromatic nitrogens is 1. The molecule has 0 saturated carbocycles. The molecule has 0 fully saturated rings. The molecule has 0 amide bonds. The molecule has 1 aromatic rings. The zero-order chi connectivity index (χ0) is 12.6. The number of nitro groups is 1. The number of carbonyl (C=O) groups is 1. The largest absolute Gasteiger partial charge is 0.468 e. The summed E-state index contributed by atoms with van der Waals surface area (Å²) in [6.07, 6.45) is 2.98. The summed E-state index contributed by atoms with van der Waals surface area (Å²) in [4.78, 5) is 23.0. The van der Waals surface area contributed by atoms with Gasteiger partial charge in [0.15, 0.2) is 0 Å². The Bertz CT molecular complexity index is 346. The lowest BCUT2D eigenvalue weighted by molar-refractivity contribution is -0.386. The van der Waals surface area contributed by atoms with Crippen LogP contribution in [0, 0.1) is 24.0 Å². The van der Waals surface area contributed by atoms with Gasteiger partial charge in [-0.3, -0.25) is 19.9 Å². The molecule has 0 atom stereocenters. The van der Waals surface area contributed by atoms with Gasteiger partial charge >= 0.3 is 0 Å². The van der Waals surface area contributed by atoms with E-state index in [1.165, 1.54) is 12.4 Å². The Labute approximate surface area is 93.4 Å². The van der Waals surface area contributed by atoms with Crippen molar-refractivity contribution in [3.8, 4) is 0 Å². The molecule has 0 N–H and O–H groups in total. The summed E-state index contributed by atoms with van der Waals surface area (Å²) in [5, 5.41) is 10.4. The summed E-state index contributed by atoms with van der Waals surface area (Å²) in [7, 11) is 0. The van der Waals surface area contributed by atoms with Gasteiger partial charge in [0.1, 0.15) is 0 Å². The molecule has 0 aliphatic carbocycles. The third-order valence-corrected chi connectivity index (χ3v) is 1.70. The van der Waals surface area contributed by atoms with Gasteiger partial charge in [0.25, 0.3) is 12.2 Å². The number of aryl methyl sites for hydroxylation is 2. The van der Waals surface area contributed by atoms with Crippen LogP contribution in [-0.2, 0) is 9.53 Å². The zero-order valence-corrected chi connectivity index (χ0v) is 9.47. The Morgan fingerprint density at radius 1 is 1.44 bits per heavy atom. The van der Waals surface area contributed by atoms with Gasteiger partial charge in [-0.05, 0) is 20.8 Å². The highest BCUT2D eigenvalue weighted by atomic mass is 16.6. The first-order chi connectivity index (χ1) is 7.54. The molecular formula is C10H14N2O4. The molecule has 0 aromatic carbocycles. The van der Waals surface area contributed by atoms with E-state index in [9.17, 15) is 14.9 Å². The first kappa shape index (κ1) is 14.0. The quantitative estimate of drug-likeness (QED) is 0.445. The highest BCUT2D eigenvalue weighted by molar-refractivity contribution is 5.43. The number of ether oxygens (including phenoxy) is 1. The van der Waals surface area contributed by atoms with E-state index in [0.29, 0.717) is 24.2 Å². The Kier molecular flexibility index (Phi) is 6.42. The SMILES string of the molecule is CCOC=O.Cc1cncc(C)c1[N+](=O)[O-]. The minimum Gasteiger partial charge on any atom is -0.468 e. The third kappa shape index (κ3) is 4.50. The lowest BCUT2D eigenvalue weighted by atomic mass is 10.2. The van der Waals surface area contributed by atoms with Gasteiger partial charge in [-0.2, -0.15) is 0 Å². The van der Waals surface area contributed by atoms with Crippen LogP contribution in [-0.4, -0.2) is 23.0 Å². The first-order valence-electron chi connectivity index (χ1n) is 4.65. The minimum absolute atomic E-state index is 0.167. The van der Waals surface area contributed by atoms with Crippen molar-refractivity contribution < 1.29 is 14.5 Å². The van der Waals surface area contributed by atoms with Crippen LogP contribution in [0.5, 0.6) is 0 Å². The molecule has 1 rings (SSSR count). The molecule has 1 heterocycles. The lowest BCUT2D eigenvalue weighted by Gasteiger charge is -1.97. The van der Waals surface area contributed by atoms with E-state index in [2.05, 4.69) is 9.72 Å². The molecule has 0 aliphatic rings. The molecular weight excluding hydrogens is 212 g/mol. The fourth-order valence-electron chi connectivity index (χ4n) is 1.05. The highest BCUT2D eigenvalue weighted by Gasteiger charge is 2.12. The number of carbonyl (C=O) groups excluding carboxylic acids is 1. The second kappa shape index (κ2) is 7.33. The summed E-state index contributed by atoms with van der Waals surface area (Å²) in [6, 6.07) is 0. The summed E-state index contributed by atoms with van der Waals surface area (Å²) in [5.74, 6) is 0. The molecule has 88 valence electrons. The Morgan fingerprint density at radius 3 is 2.12 bits per heavy atom. The molecule has 6 nitrogen and oxygen atoms in total. The smallest absolute Gasteiger partial charge is 0.293 e. The van der Waals surface area contributed by atoms with E-state index >= 15 is 0 Å². The maximum absolute atomic E-state index is 10.4. The number of hydrogen-bond donors (Lipinski definition) is 0. The van der Waals surface area contributed by atoms with Crippen molar-refractivity contribution in [2.24, 2.45) is 0 Å². The Morgan fingerprint density at radius 2 is 1.94 bits per heavy atom. The van der Waals surface area contributed by atoms with E-state index in [4.69, 9.17) is 0 Å². The van der Waals surface area contributed by atoms with Crippen molar-refractivity contribution in [3.63, 3.8) is 0 Å². The number of hydrogen-bond acceptors (Lipinski definition) is 5. The van der Waals surface area contributed by atoms with E-state index in [1.807, 2.05) is 0 Å². The van der Waals surface area contributed by atoms with Crippen LogP contribution in [0.25, 0.3) is 0 Å². The van der Waals surface area contributed by atoms with Gasteiger partial charge in [0.05, 0.1) is 11.5 Å². The van der Waals surface area contributed by atoms with Crippen LogP contribution < -0.4 is 0 Å². The van der Waals surface area contributed by atoms with E-state index < -0.39 is 0 Å². The van der Waals surface area contributed by atoms with Crippen molar-refractivity contribution in [1.29, 1.82) is 0 Å². The fourth-order valence-corrected chi connectivity index (χ4v) is 1.05. The summed E-state index contributed by atoms with van der Waals surface area (Å²) in [5.41, 5.74) is 1.38. The summed E-state index contributed by atoms with van der Waals surface area (Å²) < 4.78 is 4.15. The molecule has 0 unspecified atom stereocenters. The van der Waals surface area contributed by atoms with Crippen molar-refractivity contribution in [2.75, 3.05) is 6.61 Å². The van der Waals surface area contributed by atoms with Gasteiger partial charge in [-0.15, -0.1) is 0 Å². The van der Waals surface area contributed by atoms with Crippen molar-refractivity contribution in [3.05, 3.63) is 33.6 Å². The standard InChI is InChI=1S/C7H8N2O2.C3H6O2/c1-5-3-8-4-6(2)7(5)9(10)11;1-2-5-3-4/h3-4H,1-2H3;3H,2H2,1H3. The van der Waals surface area contributed by atoms with Gasteiger partial charge in [-0.1, -0.05) is 0 Å². The Balaban J connectivity index is 0.000000385. The normalized spacial score (nSPS) is 8.69. The molecule has 0 saturated heterocycles. The minimum atomic E-state index is -0.383. The average Bonchev–Trinajstić information content (AvgIpc) is 2.19. The van der Waals surface area contributed by atoms with Crippen molar-refractivity contribution >= 4 is 12.2 Å². The molecule has 0 radical (unpaired) electrons. The van der Waals surface area contributed by atoms with E-state index in [-0.39, 0.29) is 10.6 Å². The topological polar surface area (TPSA) is 82.3 Å². The first-order valence-corrected chi connectivity index (χ1v) is 4.65. The molecule has 0 bridgehead atoms. The van der Waals surface area contributed by atoms with Gasteiger partial charge < -0.3 is 4.74 Å². The van der Waals surface area contributed by atoms with Gasteiger partial charge in [0.2, 0.25) is 0 Å².